The van der Waals surface area contributed by atoms with Crippen molar-refractivity contribution in [3.63, 3.8) is 0 Å². The first-order valence-corrected chi connectivity index (χ1v) is 6.66. The Morgan fingerprint density at radius 2 is 1.75 bits per heavy atom. The van der Waals surface area contributed by atoms with E-state index in [-0.39, 0.29) is 11.2 Å². The van der Waals surface area contributed by atoms with Crippen molar-refractivity contribution in [2.45, 2.75) is 26.7 Å². The van der Waals surface area contributed by atoms with Crippen molar-refractivity contribution in [2.75, 3.05) is 14.2 Å². The summed E-state index contributed by atoms with van der Waals surface area (Å²) in [5.74, 6) is 2.14. The maximum atomic E-state index is 12.4. The lowest BCUT2D eigenvalue weighted by molar-refractivity contribution is 0.0906. The minimum Gasteiger partial charge on any atom is -0.493 e. The molecule has 0 aliphatic heterocycles. The minimum atomic E-state index is -0.0495. The molecule has 0 saturated carbocycles. The average molecular weight is 274 g/mol. The first-order valence-electron chi connectivity index (χ1n) is 6.66. The number of rotatable bonds is 2. The third-order valence-corrected chi connectivity index (χ3v) is 3.82. The lowest BCUT2D eigenvalue weighted by atomic mass is 9.76. The summed E-state index contributed by atoms with van der Waals surface area (Å²) in [5, 5.41) is 0.818. The molecular weight excluding hydrogens is 256 g/mol. The Morgan fingerprint density at radius 3 is 2.40 bits per heavy atom. The molecule has 1 heterocycles. The molecule has 0 saturated heterocycles. The fourth-order valence-electron chi connectivity index (χ4n) is 2.92. The molecule has 0 radical (unpaired) electrons. The second-order valence-corrected chi connectivity index (χ2v) is 6.04. The van der Waals surface area contributed by atoms with E-state index in [9.17, 15) is 4.79 Å². The first-order chi connectivity index (χ1) is 9.45. The molecule has 1 aliphatic rings. The fourth-order valence-corrected chi connectivity index (χ4v) is 2.92. The van der Waals surface area contributed by atoms with Gasteiger partial charge in [-0.05, 0) is 11.5 Å². The van der Waals surface area contributed by atoms with Crippen LogP contribution in [0.4, 0.5) is 0 Å². The van der Waals surface area contributed by atoms with E-state index in [0.29, 0.717) is 29.1 Å². The molecule has 0 spiro atoms. The summed E-state index contributed by atoms with van der Waals surface area (Å²) in [4.78, 5) is 12.4. The van der Waals surface area contributed by atoms with Gasteiger partial charge in [0.1, 0.15) is 11.3 Å². The van der Waals surface area contributed by atoms with Crippen LogP contribution in [0, 0.1) is 5.41 Å². The second kappa shape index (κ2) is 4.27. The van der Waals surface area contributed by atoms with E-state index in [1.807, 2.05) is 6.07 Å². The molecule has 1 aliphatic carbocycles. The van der Waals surface area contributed by atoms with Gasteiger partial charge in [0.2, 0.25) is 0 Å². The molecule has 2 aromatic rings. The van der Waals surface area contributed by atoms with Gasteiger partial charge in [-0.2, -0.15) is 0 Å². The van der Waals surface area contributed by atoms with Gasteiger partial charge in [-0.3, -0.25) is 4.79 Å². The number of ketones is 1. The molecule has 0 N–H and O–H groups in total. The third-order valence-electron chi connectivity index (χ3n) is 3.82. The van der Waals surface area contributed by atoms with Crippen LogP contribution in [0.15, 0.2) is 16.5 Å². The number of methoxy groups -OCH3 is 2. The van der Waals surface area contributed by atoms with Crippen molar-refractivity contribution in [3.8, 4) is 11.5 Å². The number of fused-ring (bicyclic) bond motifs is 3. The summed E-state index contributed by atoms with van der Waals surface area (Å²) in [6.45, 7) is 4.17. The standard InChI is InChI=1S/C16H18O4/c1-16(2)7-10(17)15-9-5-12(18-3)13(19-4)6-11(9)20-14(15)8-16/h5-6H,7-8H2,1-4H3. The molecule has 1 aromatic heterocycles. The average Bonchev–Trinajstić information content (AvgIpc) is 2.72. The van der Waals surface area contributed by atoms with Crippen LogP contribution in [-0.4, -0.2) is 20.0 Å². The topological polar surface area (TPSA) is 48.7 Å². The van der Waals surface area contributed by atoms with E-state index in [0.717, 1.165) is 17.6 Å². The van der Waals surface area contributed by atoms with Crippen molar-refractivity contribution < 1.29 is 18.7 Å². The number of carbonyl (C=O) groups is 1. The summed E-state index contributed by atoms with van der Waals surface area (Å²) in [5.41, 5.74) is 1.34. The zero-order valence-electron chi connectivity index (χ0n) is 12.2. The molecule has 0 fully saturated rings. The Bertz CT molecular complexity index is 694. The van der Waals surface area contributed by atoms with E-state index in [2.05, 4.69) is 13.8 Å². The van der Waals surface area contributed by atoms with E-state index in [4.69, 9.17) is 13.9 Å². The Hall–Kier alpha value is -1.97. The Kier molecular flexibility index (Phi) is 2.78. The smallest absolute Gasteiger partial charge is 0.167 e. The Labute approximate surface area is 117 Å². The summed E-state index contributed by atoms with van der Waals surface area (Å²) >= 11 is 0. The largest absolute Gasteiger partial charge is 0.493 e. The van der Waals surface area contributed by atoms with Gasteiger partial charge in [-0.25, -0.2) is 0 Å². The molecule has 0 unspecified atom stereocenters. The van der Waals surface area contributed by atoms with Crippen LogP contribution >= 0.6 is 0 Å². The van der Waals surface area contributed by atoms with Crippen LogP contribution in [0.5, 0.6) is 11.5 Å². The highest BCUT2D eigenvalue weighted by atomic mass is 16.5. The summed E-state index contributed by atoms with van der Waals surface area (Å²) in [7, 11) is 3.17. The summed E-state index contributed by atoms with van der Waals surface area (Å²) in [6, 6.07) is 3.61. The first kappa shape index (κ1) is 13.0. The predicted molar refractivity (Wildman–Crippen MR) is 75.8 cm³/mol. The highest BCUT2D eigenvalue weighted by molar-refractivity contribution is 6.10. The van der Waals surface area contributed by atoms with E-state index in [1.165, 1.54) is 0 Å². The van der Waals surface area contributed by atoms with Gasteiger partial charge in [0, 0.05) is 24.3 Å². The van der Waals surface area contributed by atoms with E-state index >= 15 is 0 Å². The van der Waals surface area contributed by atoms with Crippen LogP contribution in [0.2, 0.25) is 0 Å². The maximum absolute atomic E-state index is 12.4. The molecule has 4 heteroatoms. The van der Waals surface area contributed by atoms with E-state index < -0.39 is 0 Å². The van der Waals surface area contributed by atoms with Crippen molar-refractivity contribution in [1.29, 1.82) is 0 Å². The van der Waals surface area contributed by atoms with Crippen molar-refractivity contribution in [2.24, 2.45) is 5.41 Å². The lowest BCUT2D eigenvalue weighted by Gasteiger charge is -2.27. The van der Waals surface area contributed by atoms with Gasteiger partial charge < -0.3 is 13.9 Å². The van der Waals surface area contributed by atoms with Crippen molar-refractivity contribution in [1.82, 2.24) is 0 Å². The van der Waals surface area contributed by atoms with Crippen LogP contribution < -0.4 is 9.47 Å². The number of benzene rings is 1. The van der Waals surface area contributed by atoms with Crippen LogP contribution in [0.1, 0.15) is 36.4 Å². The monoisotopic (exact) mass is 274 g/mol. The quantitative estimate of drug-likeness (QED) is 0.839. The molecule has 1 aromatic carbocycles. The molecule has 0 atom stereocenters. The molecule has 4 nitrogen and oxygen atoms in total. The Balaban J connectivity index is 2.26. The summed E-state index contributed by atoms with van der Waals surface area (Å²) < 4.78 is 16.5. The molecule has 3 rings (SSSR count). The van der Waals surface area contributed by atoms with Gasteiger partial charge in [0.15, 0.2) is 17.3 Å². The van der Waals surface area contributed by atoms with Crippen molar-refractivity contribution in [3.05, 3.63) is 23.5 Å². The highest BCUT2D eigenvalue weighted by Crippen LogP contribution is 2.42. The van der Waals surface area contributed by atoms with Gasteiger partial charge >= 0.3 is 0 Å². The number of Topliss-reactive ketones (excluding diaryl/α,β-unsaturated/α-hetero) is 1. The molecule has 20 heavy (non-hydrogen) atoms. The summed E-state index contributed by atoms with van der Waals surface area (Å²) in [6.07, 6.45) is 1.32. The third kappa shape index (κ3) is 1.87. The number of ether oxygens (including phenoxy) is 2. The van der Waals surface area contributed by atoms with Gasteiger partial charge in [-0.15, -0.1) is 0 Å². The number of carbonyl (C=O) groups excluding carboxylic acids is 1. The predicted octanol–water partition coefficient (Wildman–Crippen LogP) is 3.61. The molecule has 0 amide bonds. The van der Waals surface area contributed by atoms with Gasteiger partial charge in [0.05, 0.1) is 19.8 Å². The number of furan rings is 1. The second-order valence-electron chi connectivity index (χ2n) is 6.04. The Morgan fingerprint density at radius 1 is 1.10 bits per heavy atom. The van der Waals surface area contributed by atoms with E-state index in [1.54, 1.807) is 20.3 Å². The SMILES string of the molecule is COc1cc2oc3c(c2cc1OC)C(=O)CC(C)(C)C3. The maximum Gasteiger partial charge on any atom is 0.167 e. The minimum absolute atomic E-state index is 0.0495. The van der Waals surface area contributed by atoms with Crippen LogP contribution in [0.3, 0.4) is 0 Å². The van der Waals surface area contributed by atoms with Gasteiger partial charge in [0.25, 0.3) is 0 Å². The molecule has 106 valence electrons. The van der Waals surface area contributed by atoms with Crippen LogP contribution in [-0.2, 0) is 6.42 Å². The zero-order valence-corrected chi connectivity index (χ0v) is 12.2. The van der Waals surface area contributed by atoms with Crippen LogP contribution in [0.25, 0.3) is 11.0 Å². The lowest BCUT2D eigenvalue weighted by Crippen LogP contribution is -2.25. The zero-order chi connectivity index (χ0) is 14.5. The van der Waals surface area contributed by atoms with Gasteiger partial charge in [-0.1, -0.05) is 13.8 Å². The fraction of sp³-hybridized carbons (Fsp3) is 0.438. The molecular formula is C16H18O4. The highest BCUT2D eigenvalue weighted by Gasteiger charge is 2.35. The molecule has 0 bridgehead atoms. The number of hydrogen-bond acceptors (Lipinski definition) is 4. The number of hydrogen-bond donors (Lipinski definition) is 0. The van der Waals surface area contributed by atoms with Crippen molar-refractivity contribution >= 4 is 16.8 Å². The normalized spacial score (nSPS) is 17.1.